The van der Waals surface area contributed by atoms with E-state index in [-0.39, 0.29) is 0 Å². The summed E-state index contributed by atoms with van der Waals surface area (Å²) in [5.74, 6) is 0. The third-order valence-corrected chi connectivity index (χ3v) is 6.70. The van der Waals surface area contributed by atoms with E-state index >= 15 is 0 Å². The standard InChI is InChI=1S/C30H24N6/c1-7-19(31-13-1)25-26(20-8-2-14-32-20)28(22-10-4-16-34-22)30(24-12-6-18-36-24)29(23-11-5-17-35-23)27(25)21-9-3-15-33-21/h1-18,31-36H. The van der Waals surface area contributed by atoms with Gasteiger partial charge < -0.3 is 29.9 Å². The molecule has 0 saturated carbocycles. The van der Waals surface area contributed by atoms with Gasteiger partial charge in [0, 0.05) is 105 Å². The summed E-state index contributed by atoms with van der Waals surface area (Å²) >= 11 is 0. The van der Waals surface area contributed by atoms with Crippen molar-refractivity contribution in [2.24, 2.45) is 0 Å². The van der Waals surface area contributed by atoms with Crippen molar-refractivity contribution in [2.45, 2.75) is 0 Å². The summed E-state index contributed by atoms with van der Waals surface area (Å²) in [7, 11) is 0. The molecule has 6 aromatic heterocycles. The Labute approximate surface area is 207 Å². The molecule has 0 amide bonds. The van der Waals surface area contributed by atoms with Gasteiger partial charge in [-0.2, -0.15) is 0 Å². The summed E-state index contributed by atoms with van der Waals surface area (Å²) in [6, 6.07) is 25.1. The van der Waals surface area contributed by atoms with Crippen LogP contribution in [0.25, 0.3) is 67.5 Å². The Morgan fingerprint density at radius 1 is 0.250 bits per heavy atom. The number of nitrogens with one attached hydrogen (secondary N) is 6. The van der Waals surface area contributed by atoms with Crippen molar-refractivity contribution in [3.05, 3.63) is 110 Å². The molecule has 6 heteroatoms. The SMILES string of the molecule is c1c[nH]c(-c2c(-c3ccc[nH]3)c(-c3ccc[nH]3)c(-c3ccc[nH]3)c(-c3ccc[nH]3)c2-c2ccc[nH]2)c1. The molecule has 0 saturated heterocycles. The van der Waals surface area contributed by atoms with E-state index in [1.54, 1.807) is 0 Å². The van der Waals surface area contributed by atoms with Gasteiger partial charge in [0.05, 0.1) is 0 Å². The van der Waals surface area contributed by atoms with E-state index in [4.69, 9.17) is 0 Å². The van der Waals surface area contributed by atoms with Gasteiger partial charge in [-0.15, -0.1) is 0 Å². The van der Waals surface area contributed by atoms with Gasteiger partial charge in [-0.05, 0) is 72.8 Å². The van der Waals surface area contributed by atoms with Crippen LogP contribution < -0.4 is 0 Å². The smallest absolute Gasteiger partial charge is 0.0468 e. The normalized spacial score (nSPS) is 11.3. The quantitative estimate of drug-likeness (QED) is 0.145. The first kappa shape index (κ1) is 20.3. The molecule has 174 valence electrons. The Balaban J connectivity index is 1.79. The Morgan fingerprint density at radius 3 is 0.528 bits per heavy atom. The minimum absolute atomic E-state index is 1.04. The van der Waals surface area contributed by atoms with Crippen LogP contribution >= 0.6 is 0 Å². The van der Waals surface area contributed by atoms with E-state index in [1.165, 1.54) is 0 Å². The lowest BCUT2D eigenvalue weighted by atomic mass is 9.80. The Hall–Kier alpha value is -5.10. The highest BCUT2D eigenvalue weighted by molar-refractivity contribution is 6.12. The van der Waals surface area contributed by atoms with E-state index in [0.717, 1.165) is 67.5 Å². The molecule has 0 atom stereocenters. The molecular weight excluding hydrogens is 444 g/mol. The van der Waals surface area contributed by atoms with Crippen LogP contribution in [0, 0.1) is 0 Å². The van der Waals surface area contributed by atoms with Crippen LogP contribution in [0.3, 0.4) is 0 Å². The highest BCUT2D eigenvalue weighted by Crippen LogP contribution is 2.54. The third kappa shape index (κ3) is 3.12. The van der Waals surface area contributed by atoms with Crippen molar-refractivity contribution in [2.75, 3.05) is 0 Å². The third-order valence-electron chi connectivity index (χ3n) is 6.70. The number of aromatic amines is 6. The Bertz CT molecular complexity index is 1320. The maximum absolute atomic E-state index is 3.50. The molecule has 6 heterocycles. The van der Waals surface area contributed by atoms with Crippen molar-refractivity contribution >= 4 is 0 Å². The van der Waals surface area contributed by atoms with Gasteiger partial charge in [-0.1, -0.05) is 0 Å². The van der Waals surface area contributed by atoms with Gasteiger partial charge in [0.25, 0.3) is 0 Å². The first-order valence-corrected chi connectivity index (χ1v) is 12.0. The van der Waals surface area contributed by atoms with Crippen molar-refractivity contribution in [3.8, 4) is 67.5 Å². The number of rotatable bonds is 6. The minimum atomic E-state index is 1.04. The van der Waals surface area contributed by atoms with E-state index in [1.807, 2.05) is 73.6 Å². The van der Waals surface area contributed by atoms with Crippen LogP contribution in [0.2, 0.25) is 0 Å². The highest BCUT2D eigenvalue weighted by atomic mass is 14.8. The Kier molecular flexibility index (Phi) is 4.67. The monoisotopic (exact) mass is 468 g/mol. The highest BCUT2D eigenvalue weighted by Gasteiger charge is 2.30. The lowest BCUT2D eigenvalue weighted by molar-refractivity contribution is 1.32. The fraction of sp³-hybridized carbons (Fsp3) is 0. The fourth-order valence-corrected chi connectivity index (χ4v) is 5.28. The molecule has 0 radical (unpaired) electrons. The molecule has 0 aliphatic rings. The van der Waals surface area contributed by atoms with E-state index in [0.29, 0.717) is 0 Å². The van der Waals surface area contributed by atoms with Crippen molar-refractivity contribution in [1.82, 2.24) is 29.9 Å². The number of H-pyrrole nitrogens is 6. The second kappa shape index (κ2) is 8.29. The van der Waals surface area contributed by atoms with Gasteiger partial charge >= 0.3 is 0 Å². The second-order valence-electron chi connectivity index (χ2n) is 8.75. The van der Waals surface area contributed by atoms with Gasteiger partial charge in [-0.3, -0.25) is 0 Å². The van der Waals surface area contributed by atoms with E-state index in [2.05, 4.69) is 66.3 Å². The zero-order valence-corrected chi connectivity index (χ0v) is 19.4. The zero-order valence-electron chi connectivity index (χ0n) is 19.4. The summed E-state index contributed by atoms with van der Waals surface area (Å²) in [5.41, 5.74) is 13.0. The molecule has 0 spiro atoms. The maximum Gasteiger partial charge on any atom is 0.0468 e. The molecule has 0 unspecified atom stereocenters. The average molecular weight is 469 g/mol. The molecule has 0 aliphatic heterocycles. The first-order valence-electron chi connectivity index (χ1n) is 12.0. The minimum Gasteiger partial charge on any atom is -0.361 e. The van der Waals surface area contributed by atoms with E-state index < -0.39 is 0 Å². The average Bonchev–Trinajstić information content (AvgIpc) is 3.78. The summed E-state index contributed by atoms with van der Waals surface area (Å²) in [4.78, 5) is 21.0. The predicted molar refractivity (Wildman–Crippen MR) is 145 cm³/mol. The van der Waals surface area contributed by atoms with Crippen LogP contribution in [-0.4, -0.2) is 29.9 Å². The van der Waals surface area contributed by atoms with Gasteiger partial charge in [0.15, 0.2) is 0 Å². The molecule has 0 bridgehead atoms. The van der Waals surface area contributed by atoms with Crippen molar-refractivity contribution in [3.63, 3.8) is 0 Å². The van der Waals surface area contributed by atoms with Crippen molar-refractivity contribution in [1.29, 1.82) is 0 Å². The number of aromatic nitrogens is 6. The molecule has 0 fully saturated rings. The predicted octanol–water partition coefficient (Wildman–Crippen LogP) is 7.66. The molecular formula is C30H24N6. The van der Waals surface area contributed by atoms with Gasteiger partial charge in [0.2, 0.25) is 0 Å². The second-order valence-corrected chi connectivity index (χ2v) is 8.75. The number of hydrogen-bond acceptors (Lipinski definition) is 0. The molecule has 7 aromatic rings. The number of benzene rings is 1. The van der Waals surface area contributed by atoms with Crippen LogP contribution in [0.15, 0.2) is 110 Å². The van der Waals surface area contributed by atoms with Gasteiger partial charge in [-0.25, -0.2) is 0 Å². The lowest BCUT2D eigenvalue weighted by Crippen LogP contribution is -2.02. The Morgan fingerprint density at radius 2 is 0.417 bits per heavy atom. The molecule has 6 nitrogen and oxygen atoms in total. The van der Waals surface area contributed by atoms with Gasteiger partial charge in [0.1, 0.15) is 0 Å². The zero-order chi connectivity index (χ0) is 23.9. The number of hydrogen-bond donors (Lipinski definition) is 6. The fourth-order valence-electron chi connectivity index (χ4n) is 5.28. The van der Waals surface area contributed by atoms with Crippen molar-refractivity contribution < 1.29 is 0 Å². The van der Waals surface area contributed by atoms with Crippen LogP contribution in [0.1, 0.15) is 0 Å². The lowest BCUT2D eigenvalue weighted by Gasteiger charge is -2.25. The molecule has 6 N–H and O–H groups in total. The maximum atomic E-state index is 3.50. The first-order chi connectivity index (χ1) is 17.9. The molecule has 0 aliphatic carbocycles. The largest absolute Gasteiger partial charge is 0.361 e. The summed E-state index contributed by atoms with van der Waals surface area (Å²) in [5, 5.41) is 0. The molecule has 36 heavy (non-hydrogen) atoms. The van der Waals surface area contributed by atoms with Crippen LogP contribution in [0.4, 0.5) is 0 Å². The topological polar surface area (TPSA) is 94.7 Å². The summed E-state index contributed by atoms with van der Waals surface area (Å²) in [6.07, 6.45) is 11.9. The summed E-state index contributed by atoms with van der Waals surface area (Å²) in [6.45, 7) is 0. The molecule has 1 aromatic carbocycles. The van der Waals surface area contributed by atoms with E-state index in [9.17, 15) is 0 Å². The summed E-state index contributed by atoms with van der Waals surface area (Å²) < 4.78 is 0. The van der Waals surface area contributed by atoms with Crippen LogP contribution in [-0.2, 0) is 0 Å². The van der Waals surface area contributed by atoms with Crippen LogP contribution in [0.5, 0.6) is 0 Å². The molecule has 7 rings (SSSR count).